The maximum Gasteiger partial charge on any atom is 0.123 e. The molecule has 1 aliphatic carbocycles. The zero-order chi connectivity index (χ0) is 18.6. The predicted molar refractivity (Wildman–Crippen MR) is 109 cm³/mol. The number of halogens is 2. The molecule has 0 aliphatic heterocycles. The van der Waals surface area contributed by atoms with E-state index >= 15 is 0 Å². The van der Waals surface area contributed by atoms with Crippen LogP contribution in [0.5, 0.6) is 0 Å². The van der Waals surface area contributed by atoms with E-state index in [9.17, 15) is 8.78 Å². The number of fused-ring (bicyclic) bond motifs is 1. The minimum absolute atomic E-state index is 0.245. The Morgan fingerprint density at radius 2 is 1.74 bits per heavy atom. The van der Waals surface area contributed by atoms with E-state index in [2.05, 4.69) is 17.1 Å². The number of nitrogens with one attached hydrogen (secondary N) is 1. The zero-order valence-corrected chi connectivity index (χ0v) is 14.7. The van der Waals surface area contributed by atoms with Gasteiger partial charge in [-0.25, -0.2) is 8.78 Å². The molecule has 0 radical (unpaired) electrons. The predicted octanol–water partition coefficient (Wildman–Crippen LogP) is 6.72. The van der Waals surface area contributed by atoms with Crippen molar-refractivity contribution in [2.75, 3.05) is 0 Å². The highest BCUT2D eigenvalue weighted by molar-refractivity contribution is 5.94. The maximum absolute atomic E-state index is 13.2. The lowest BCUT2D eigenvalue weighted by atomic mass is 10.0. The van der Waals surface area contributed by atoms with Crippen molar-refractivity contribution in [2.24, 2.45) is 0 Å². The quantitative estimate of drug-likeness (QED) is 0.532. The molecule has 1 aliphatic rings. The highest BCUT2D eigenvalue weighted by atomic mass is 19.1. The zero-order valence-electron chi connectivity index (χ0n) is 14.7. The second-order valence-corrected chi connectivity index (χ2v) is 6.53. The van der Waals surface area contributed by atoms with Gasteiger partial charge in [-0.15, -0.1) is 0 Å². The molecule has 1 N–H and O–H groups in total. The summed E-state index contributed by atoms with van der Waals surface area (Å²) in [6.07, 6.45) is 12.9. The third-order valence-electron chi connectivity index (χ3n) is 4.61. The second-order valence-electron chi connectivity index (χ2n) is 6.53. The third-order valence-corrected chi connectivity index (χ3v) is 4.61. The fourth-order valence-electron chi connectivity index (χ4n) is 3.16. The average Bonchev–Trinajstić information content (AvgIpc) is 3.05. The molecule has 1 atom stereocenters. The number of alkyl halides is 1. The number of hydrogen-bond donors (Lipinski definition) is 1. The first-order valence-electron chi connectivity index (χ1n) is 8.94. The first-order valence-corrected chi connectivity index (χ1v) is 8.94. The minimum Gasteiger partial charge on any atom is -0.355 e. The van der Waals surface area contributed by atoms with Crippen LogP contribution >= 0.6 is 0 Å². The van der Waals surface area contributed by atoms with Gasteiger partial charge in [0.05, 0.1) is 0 Å². The van der Waals surface area contributed by atoms with Crippen molar-refractivity contribution in [2.45, 2.75) is 12.6 Å². The lowest BCUT2D eigenvalue weighted by Crippen LogP contribution is -1.96. The van der Waals surface area contributed by atoms with Crippen LogP contribution in [0.3, 0.4) is 0 Å². The average molecular weight is 359 g/mol. The number of H-pyrrole nitrogens is 1. The van der Waals surface area contributed by atoms with Crippen LogP contribution in [0, 0.1) is 5.82 Å². The largest absolute Gasteiger partial charge is 0.355 e. The van der Waals surface area contributed by atoms with E-state index in [4.69, 9.17) is 0 Å². The summed E-state index contributed by atoms with van der Waals surface area (Å²) >= 11 is 0. The summed E-state index contributed by atoms with van der Waals surface area (Å²) in [5.74, 6) is -0.245. The SMILES string of the molecule is Fc1ccc(/C=C/c2[nH]c3ccccc3c2/C=C/C2=CCC(F)C=C2)cc1. The molecule has 0 spiro atoms. The highest BCUT2D eigenvalue weighted by Crippen LogP contribution is 2.26. The summed E-state index contributed by atoms with van der Waals surface area (Å²) in [5, 5.41) is 1.12. The molecule has 0 fully saturated rings. The van der Waals surface area contributed by atoms with Crippen molar-refractivity contribution < 1.29 is 8.78 Å². The van der Waals surface area contributed by atoms with Crippen molar-refractivity contribution in [1.82, 2.24) is 4.98 Å². The molecular formula is C24H19F2N. The fraction of sp³-hybridized carbons (Fsp3) is 0.0833. The van der Waals surface area contributed by atoms with Gasteiger partial charge in [-0.05, 0) is 41.5 Å². The van der Waals surface area contributed by atoms with Gasteiger partial charge in [-0.1, -0.05) is 60.7 Å². The Labute approximate surface area is 157 Å². The van der Waals surface area contributed by atoms with Crippen LogP contribution in [0.4, 0.5) is 8.78 Å². The van der Waals surface area contributed by atoms with Crippen molar-refractivity contribution in [3.05, 3.63) is 101 Å². The maximum atomic E-state index is 13.2. The number of aromatic nitrogens is 1. The highest BCUT2D eigenvalue weighted by Gasteiger charge is 2.08. The Bertz CT molecular complexity index is 1070. The number of aromatic amines is 1. The molecule has 1 nitrogen and oxygen atoms in total. The van der Waals surface area contributed by atoms with Gasteiger partial charge in [0.15, 0.2) is 0 Å². The van der Waals surface area contributed by atoms with Gasteiger partial charge in [0.2, 0.25) is 0 Å². The first-order chi connectivity index (χ1) is 13.2. The molecule has 0 saturated heterocycles. The van der Waals surface area contributed by atoms with E-state index < -0.39 is 6.17 Å². The van der Waals surface area contributed by atoms with Gasteiger partial charge in [-0.2, -0.15) is 0 Å². The summed E-state index contributed by atoms with van der Waals surface area (Å²) < 4.78 is 26.3. The van der Waals surface area contributed by atoms with Crippen LogP contribution in [0.15, 0.2) is 78.4 Å². The third kappa shape index (κ3) is 3.98. The van der Waals surface area contributed by atoms with Crippen molar-refractivity contribution >= 4 is 29.1 Å². The number of rotatable bonds is 4. The van der Waals surface area contributed by atoms with E-state index in [1.807, 2.05) is 48.6 Å². The summed E-state index contributed by atoms with van der Waals surface area (Å²) in [5.41, 5.74) is 5.02. The summed E-state index contributed by atoms with van der Waals surface area (Å²) in [7, 11) is 0. The molecule has 2 aromatic carbocycles. The van der Waals surface area contributed by atoms with Gasteiger partial charge in [0.25, 0.3) is 0 Å². The summed E-state index contributed by atoms with van der Waals surface area (Å²) in [6.45, 7) is 0. The van der Waals surface area contributed by atoms with Crippen LogP contribution in [0.25, 0.3) is 29.1 Å². The van der Waals surface area contributed by atoms with Crippen LogP contribution in [-0.4, -0.2) is 11.2 Å². The number of para-hydroxylation sites is 1. The lowest BCUT2D eigenvalue weighted by molar-refractivity contribution is 0.401. The second kappa shape index (κ2) is 7.58. The van der Waals surface area contributed by atoms with E-state index in [1.54, 1.807) is 18.2 Å². The standard InChI is InChI=1S/C24H19F2N/c25-19-11-5-17(6-12-19)9-15-22-21-3-1-2-4-23(21)27-24(22)16-10-18-7-13-20(26)14-8-18/h1-11,13-16,19,27H,12H2/b15-9+,16-10+. The molecule has 1 heterocycles. The van der Waals surface area contributed by atoms with Gasteiger partial charge in [-0.3, -0.25) is 0 Å². The first kappa shape index (κ1) is 17.2. The Kier molecular flexibility index (Phi) is 4.84. The molecule has 134 valence electrons. The molecule has 3 heteroatoms. The van der Waals surface area contributed by atoms with Crippen LogP contribution in [0.2, 0.25) is 0 Å². The van der Waals surface area contributed by atoms with Crippen LogP contribution < -0.4 is 0 Å². The molecule has 0 saturated carbocycles. The van der Waals surface area contributed by atoms with Crippen molar-refractivity contribution in [1.29, 1.82) is 0 Å². The van der Waals surface area contributed by atoms with E-state index in [-0.39, 0.29) is 5.82 Å². The topological polar surface area (TPSA) is 15.8 Å². The molecule has 1 unspecified atom stereocenters. The Balaban J connectivity index is 1.69. The van der Waals surface area contributed by atoms with Gasteiger partial charge in [0, 0.05) is 28.6 Å². The molecule has 1 aromatic heterocycles. The van der Waals surface area contributed by atoms with E-state index in [0.717, 1.165) is 33.3 Å². The van der Waals surface area contributed by atoms with E-state index in [0.29, 0.717) is 6.42 Å². The molecule has 27 heavy (non-hydrogen) atoms. The van der Waals surface area contributed by atoms with Gasteiger partial charge >= 0.3 is 0 Å². The Morgan fingerprint density at radius 1 is 0.926 bits per heavy atom. The molecular weight excluding hydrogens is 340 g/mol. The number of hydrogen-bond acceptors (Lipinski definition) is 0. The number of allylic oxidation sites excluding steroid dienone is 5. The fourth-order valence-corrected chi connectivity index (χ4v) is 3.16. The monoisotopic (exact) mass is 359 g/mol. The Morgan fingerprint density at radius 3 is 2.52 bits per heavy atom. The minimum atomic E-state index is -0.885. The lowest BCUT2D eigenvalue weighted by Gasteiger charge is -2.05. The smallest absolute Gasteiger partial charge is 0.123 e. The van der Waals surface area contributed by atoms with Gasteiger partial charge < -0.3 is 4.98 Å². The Hall–Kier alpha value is -3.20. The molecule has 0 amide bonds. The molecule has 4 rings (SSSR count). The number of benzene rings is 2. The molecule has 3 aromatic rings. The van der Waals surface area contributed by atoms with Crippen molar-refractivity contribution in [3.8, 4) is 0 Å². The van der Waals surface area contributed by atoms with Crippen LogP contribution in [0.1, 0.15) is 23.2 Å². The van der Waals surface area contributed by atoms with Crippen LogP contribution in [-0.2, 0) is 0 Å². The summed E-state index contributed by atoms with van der Waals surface area (Å²) in [4.78, 5) is 3.43. The van der Waals surface area contributed by atoms with E-state index in [1.165, 1.54) is 12.1 Å². The normalized spacial score (nSPS) is 17.3. The van der Waals surface area contributed by atoms with Gasteiger partial charge in [0.1, 0.15) is 12.0 Å². The summed E-state index contributed by atoms with van der Waals surface area (Å²) in [6, 6.07) is 14.5. The van der Waals surface area contributed by atoms with Crippen molar-refractivity contribution in [3.63, 3.8) is 0 Å². The molecule has 0 bridgehead atoms.